The molecule has 0 fully saturated rings. The summed E-state index contributed by atoms with van der Waals surface area (Å²) in [7, 11) is 0. The Morgan fingerprint density at radius 1 is 0.941 bits per heavy atom. The molecule has 0 spiro atoms. The Balaban J connectivity index is 2.28. The van der Waals surface area contributed by atoms with Gasteiger partial charge in [0.25, 0.3) is 0 Å². The van der Waals surface area contributed by atoms with Crippen LogP contribution in [0.25, 0.3) is 16.7 Å². The van der Waals surface area contributed by atoms with Gasteiger partial charge in [0.1, 0.15) is 0 Å². The Bertz CT molecular complexity index is 495. The van der Waals surface area contributed by atoms with Crippen LogP contribution in [0.5, 0.6) is 0 Å². The molecule has 17 heavy (non-hydrogen) atoms. The predicted octanol–water partition coefficient (Wildman–Crippen LogP) is 3.75. The van der Waals surface area contributed by atoms with Gasteiger partial charge in [0.05, 0.1) is 6.61 Å². The summed E-state index contributed by atoms with van der Waals surface area (Å²) in [5.74, 6) is 0. The standard InChI is InChI=1S/C16H16O/c1-13(11-12-17)14-7-9-16(10-8-14)15-5-3-2-4-6-15/h2-11,17H,12H2,1H3/b13-11-. The number of hydrogen-bond acceptors (Lipinski definition) is 1. The van der Waals surface area contributed by atoms with Crippen LogP contribution in [0.2, 0.25) is 0 Å². The Morgan fingerprint density at radius 3 is 2.12 bits per heavy atom. The lowest BCUT2D eigenvalue weighted by Crippen LogP contribution is -1.83. The van der Waals surface area contributed by atoms with Gasteiger partial charge in [0, 0.05) is 0 Å². The highest BCUT2D eigenvalue weighted by atomic mass is 16.2. The summed E-state index contributed by atoms with van der Waals surface area (Å²) in [6.07, 6.45) is 1.82. The van der Waals surface area contributed by atoms with Gasteiger partial charge in [0.15, 0.2) is 0 Å². The van der Waals surface area contributed by atoms with Crippen molar-refractivity contribution in [3.05, 3.63) is 66.2 Å². The minimum Gasteiger partial charge on any atom is -0.392 e. The summed E-state index contributed by atoms with van der Waals surface area (Å²) in [4.78, 5) is 0. The number of rotatable bonds is 3. The molecule has 1 heteroatoms. The average molecular weight is 224 g/mol. The van der Waals surface area contributed by atoms with Crippen LogP contribution in [-0.2, 0) is 0 Å². The summed E-state index contributed by atoms with van der Waals surface area (Å²) in [6, 6.07) is 18.7. The van der Waals surface area contributed by atoms with Crippen molar-refractivity contribution in [1.82, 2.24) is 0 Å². The van der Waals surface area contributed by atoms with E-state index in [0.29, 0.717) is 0 Å². The first-order valence-corrected chi connectivity index (χ1v) is 5.75. The molecule has 2 rings (SSSR count). The summed E-state index contributed by atoms with van der Waals surface area (Å²) in [6.45, 7) is 2.10. The number of allylic oxidation sites excluding steroid dienone is 1. The molecule has 0 radical (unpaired) electrons. The second-order valence-electron chi connectivity index (χ2n) is 4.01. The number of aliphatic hydroxyl groups excluding tert-OH is 1. The Hall–Kier alpha value is -1.86. The van der Waals surface area contributed by atoms with Crippen LogP contribution in [0.15, 0.2) is 60.7 Å². The highest BCUT2D eigenvalue weighted by molar-refractivity contribution is 5.69. The SMILES string of the molecule is C/C(=C/CO)c1ccc(-c2ccccc2)cc1. The summed E-state index contributed by atoms with van der Waals surface area (Å²) < 4.78 is 0. The Morgan fingerprint density at radius 2 is 1.53 bits per heavy atom. The van der Waals surface area contributed by atoms with Gasteiger partial charge in [-0.2, -0.15) is 0 Å². The highest BCUT2D eigenvalue weighted by Crippen LogP contribution is 2.21. The van der Waals surface area contributed by atoms with Gasteiger partial charge < -0.3 is 5.11 Å². The molecule has 0 unspecified atom stereocenters. The molecule has 0 bridgehead atoms. The minimum atomic E-state index is 0.0896. The molecule has 0 aliphatic heterocycles. The van der Waals surface area contributed by atoms with Gasteiger partial charge in [0.2, 0.25) is 0 Å². The van der Waals surface area contributed by atoms with Crippen LogP contribution in [0.1, 0.15) is 12.5 Å². The molecular formula is C16H16O. The normalized spacial score (nSPS) is 11.5. The molecule has 0 saturated carbocycles. The molecule has 0 amide bonds. The van der Waals surface area contributed by atoms with E-state index in [1.165, 1.54) is 11.1 Å². The molecule has 0 atom stereocenters. The van der Waals surface area contributed by atoms with Gasteiger partial charge in [-0.15, -0.1) is 0 Å². The zero-order chi connectivity index (χ0) is 12.1. The molecule has 1 N–H and O–H groups in total. The zero-order valence-electron chi connectivity index (χ0n) is 9.93. The van der Waals surface area contributed by atoms with Gasteiger partial charge >= 0.3 is 0 Å². The number of aliphatic hydroxyl groups is 1. The summed E-state index contributed by atoms with van der Waals surface area (Å²) >= 11 is 0. The molecule has 0 aromatic heterocycles. The molecule has 0 saturated heterocycles. The fraction of sp³-hybridized carbons (Fsp3) is 0.125. The quantitative estimate of drug-likeness (QED) is 0.841. The van der Waals surface area contributed by atoms with E-state index in [1.807, 2.05) is 31.2 Å². The van der Waals surface area contributed by atoms with Crippen LogP contribution in [0.3, 0.4) is 0 Å². The topological polar surface area (TPSA) is 20.2 Å². The maximum atomic E-state index is 8.85. The van der Waals surface area contributed by atoms with Crippen LogP contribution < -0.4 is 0 Å². The lowest BCUT2D eigenvalue weighted by molar-refractivity contribution is 0.343. The smallest absolute Gasteiger partial charge is 0.0618 e. The van der Waals surface area contributed by atoms with E-state index in [2.05, 4.69) is 36.4 Å². The van der Waals surface area contributed by atoms with E-state index in [4.69, 9.17) is 5.11 Å². The van der Waals surface area contributed by atoms with E-state index < -0.39 is 0 Å². The monoisotopic (exact) mass is 224 g/mol. The largest absolute Gasteiger partial charge is 0.392 e. The second-order valence-corrected chi connectivity index (χ2v) is 4.01. The van der Waals surface area contributed by atoms with Crippen LogP contribution >= 0.6 is 0 Å². The highest BCUT2D eigenvalue weighted by Gasteiger charge is 1.98. The number of hydrogen-bond donors (Lipinski definition) is 1. The minimum absolute atomic E-state index is 0.0896. The van der Waals surface area contributed by atoms with E-state index >= 15 is 0 Å². The number of benzene rings is 2. The third-order valence-electron chi connectivity index (χ3n) is 2.84. The third kappa shape index (κ3) is 2.83. The van der Waals surface area contributed by atoms with Crippen LogP contribution in [-0.4, -0.2) is 11.7 Å². The van der Waals surface area contributed by atoms with Crippen molar-refractivity contribution in [2.75, 3.05) is 6.61 Å². The van der Waals surface area contributed by atoms with E-state index in [1.54, 1.807) is 0 Å². The van der Waals surface area contributed by atoms with Gasteiger partial charge in [-0.3, -0.25) is 0 Å². The molecule has 86 valence electrons. The molecule has 0 aliphatic carbocycles. The predicted molar refractivity (Wildman–Crippen MR) is 72.6 cm³/mol. The second kappa shape index (κ2) is 5.46. The van der Waals surface area contributed by atoms with Crippen LogP contribution in [0.4, 0.5) is 0 Å². The lowest BCUT2D eigenvalue weighted by Gasteiger charge is -2.04. The first kappa shape index (κ1) is 11.6. The first-order valence-electron chi connectivity index (χ1n) is 5.75. The van der Waals surface area contributed by atoms with Crippen molar-refractivity contribution in [3.8, 4) is 11.1 Å². The van der Waals surface area contributed by atoms with Crippen molar-refractivity contribution in [1.29, 1.82) is 0 Å². The Labute approximate surface area is 102 Å². The maximum absolute atomic E-state index is 8.85. The lowest BCUT2D eigenvalue weighted by atomic mass is 10.0. The van der Waals surface area contributed by atoms with E-state index in [-0.39, 0.29) is 6.61 Å². The molecular weight excluding hydrogens is 208 g/mol. The van der Waals surface area contributed by atoms with Crippen molar-refractivity contribution >= 4 is 5.57 Å². The van der Waals surface area contributed by atoms with Crippen molar-refractivity contribution in [2.24, 2.45) is 0 Å². The van der Waals surface area contributed by atoms with Gasteiger partial charge in [-0.1, -0.05) is 60.7 Å². The molecule has 2 aromatic carbocycles. The fourth-order valence-electron chi connectivity index (χ4n) is 1.81. The van der Waals surface area contributed by atoms with Crippen molar-refractivity contribution in [2.45, 2.75) is 6.92 Å². The third-order valence-corrected chi connectivity index (χ3v) is 2.84. The average Bonchev–Trinajstić information content (AvgIpc) is 2.40. The molecule has 0 aliphatic rings. The summed E-state index contributed by atoms with van der Waals surface area (Å²) in [5.41, 5.74) is 4.69. The first-order chi connectivity index (χ1) is 8.31. The van der Waals surface area contributed by atoms with E-state index in [0.717, 1.165) is 11.1 Å². The summed E-state index contributed by atoms with van der Waals surface area (Å²) in [5, 5.41) is 8.85. The Kier molecular flexibility index (Phi) is 3.73. The zero-order valence-corrected chi connectivity index (χ0v) is 9.93. The fourth-order valence-corrected chi connectivity index (χ4v) is 1.81. The maximum Gasteiger partial charge on any atom is 0.0618 e. The van der Waals surface area contributed by atoms with Crippen molar-refractivity contribution < 1.29 is 5.11 Å². The van der Waals surface area contributed by atoms with Crippen molar-refractivity contribution in [3.63, 3.8) is 0 Å². The molecule has 2 aromatic rings. The van der Waals surface area contributed by atoms with Crippen LogP contribution in [0, 0.1) is 0 Å². The van der Waals surface area contributed by atoms with E-state index in [9.17, 15) is 0 Å². The molecule has 1 nitrogen and oxygen atoms in total. The molecule has 0 heterocycles. The van der Waals surface area contributed by atoms with Gasteiger partial charge in [-0.05, 0) is 29.2 Å². The van der Waals surface area contributed by atoms with Gasteiger partial charge in [-0.25, -0.2) is 0 Å².